The third kappa shape index (κ3) is 4.42. The number of unbranched alkanes of at least 4 members (excludes halogenated alkanes) is 1. The van der Waals surface area contributed by atoms with Crippen LogP contribution < -0.4 is 10.3 Å². The molecule has 0 aliphatic rings. The Bertz CT molecular complexity index is 1040. The minimum atomic E-state index is -0.156. The third-order valence-corrected chi connectivity index (χ3v) is 4.82. The van der Waals surface area contributed by atoms with Gasteiger partial charge in [-0.05, 0) is 55.1 Å². The van der Waals surface area contributed by atoms with Crippen LogP contribution in [0.5, 0.6) is 5.75 Å². The van der Waals surface area contributed by atoms with Crippen LogP contribution in [0.25, 0.3) is 10.9 Å². The summed E-state index contributed by atoms with van der Waals surface area (Å²) in [6, 6.07) is 14.9. The zero-order chi connectivity index (χ0) is 20.1. The second-order valence-electron chi connectivity index (χ2n) is 7.03. The molecule has 1 amide bonds. The quantitative estimate of drug-likeness (QED) is 0.667. The number of carbonyl (C=O) groups excluding carboxylic acids is 1. The van der Waals surface area contributed by atoms with E-state index in [1.165, 1.54) is 0 Å². The molecule has 0 unspecified atom stereocenters. The van der Waals surface area contributed by atoms with Crippen LogP contribution in [-0.4, -0.2) is 29.4 Å². The number of amides is 1. The number of carbonyl (C=O) groups is 1. The molecule has 0 spiro atoms. The second kappa shape index (κ2) is 8.74. The number of ether oxygens (including phenoxy) is 1. The maximum atomic E-state index is 13.1. The SMILES string of the molecule is CCCCN(Cc1cc2cc(C)ccc2[nH]c1=O)C(=O)c1cccc(OC)c1. The van der Waals surface area contributed by atoms with Crippen molar-refractivity contribution in [3.05, 3.63) is 75.6 Å². The van der Waals surface area contributed by atoms with Crippen molar-refractivity contribution >= 4 is 16.8 Å². The van der Waals surface area contributed by atoms with E-state index in [-0.39, 0.29) is 18.0 Å². The number of hydrogen-bond acceptors (Lipinski definition) is 3. The zero-order valence-electron chi connectivity index (χ0n) is 16.6. The highest BCUT2D eigenvalue weighted by Crippen LogP contribution is 2.18. The van der Waals surface area contributed by atoms with Gasteiger partial charge < -0.3 is 14.6 Å². The maximum Gasteiger partial charge on any atom is 0.254 e. The molecule has 0 aliphatic heterocycles. The molecule has 3 rings (SSSR count). The summed E-state index contributed by atoms with van der Waals surface area (Å²) in [6.07, 6.45) is 1.84. The van der Waals surface area contributed by atoms with Crippen LogP contribution >= 0.6 is 0 Å². The number of fused-ring (bicyclic) bond motifs is 1. The number of pyridine rings is 1. The molecule has 2 aromatic carbocycles. The fraction of sp³-hybridized carbons (Fsp3) is 0.304. The van der Waals surface area contributed by atoms with Crippen LogP contribution in [0.1, 0.15) is 41.3 Å². The van der Waals surface area contributed by atoms with Gasteiger partial charge in [0.25, 0.3) is 11.5 Å². The molecule has 5 nitrogen and oxygen atoms in total. The molecule has 1 aromatic heterocycles. The molecule has 0 bridgehead atoms. The normalized spacial score (nSPS) is 10.8. The van der Waals surface area contributed by atoms with E-state index >= 15 is 0 Å². The van der Waals surface area contributed by atoms with Crippen molar-refractivity contribution in [2.75, 3.05) is 13.7 Å². The van der Waals surface area contributed by atoms with Gasteiger partial charge in [0, 0.05) is 23.2 Å². The lowest BCUT2D eigenvalue weighted by molar-refractivity contribution is 0.0740. The molecule has 28 heavy (non-hydrogen) atoms. The maximum absolute atomic E-state index is 13.1. The lowest BCUT2D eigenvalue weighted by Crippen LogP contribution is -2.33. The highest BCUT2D eigenvalue weighted by Gasteiger charge is 2.18. The van der Waals surface area contributed by atoms with Gasteiger partial charge >= 0.3 is 0 Å². The van der Waals surface area contributed by atoms with Gasteiger partial charge in [0.15, 0.2) is 0 Å². The fourth-order valence-electron chi connectivity index (χ4n) is 3.23. The first kappa shape index (κ1) is 19.7. The van der Waals surface area contributed by atoms with Gasteiger partial charge in [-0.15, -0.1) is 0 Å². The zero-order valence-corrected chi connectivity index (χ0v) is 16.6. The summed E-state index contributed by atoms with van der Waals surface area (Å²) >= 11 is 0. The average Bonchev–Trinajstić information content (AvgIpc) is 2.71. The number of nitrogens with zero attached hydrogens (tertiary/aromatic N) is 1. The van der Waals surface area contributed by atoms with E-state index in [4.69, 9.17) is 4.74 Å². The summed E-state index contributed by atoms with van der Waals surface area (Å²) in [6.45, 7) is 4.97. The first-order valence-corrected chi connectivity index (χ1v) is 9.57. The Morgan fingerprint density at radius 2 is 1.96 bits per heavy atom. The Labute approximate surface area is 165 Å². The number of nitrogens with one attached hydrogen (secondary N) is 1. The van der Waals surface area contributed by atoms with Gasteiger partial charge in [0.05, 0.1) is 13.7 Å². The number of benzene rings is 2. The van der Waals surface area contributed by atoms with Gasteiger partial charge in [-0.1, -0.05) is 31.0 Å². The summed E-state index contributed by atoms with van der Waals surface area (Å²) < 4.78 is 5.24. The summed E-state index contributed by atoms with van der Waals surface area (Å²) in [4.78, 5) is 30.4. The molecule has 0 atom stereocenters. The minimum absolute atomic E-state index is 0.101. The Hall–Kier alpha value is -3.08. The van der Waals surface area contributed by atoms with E-state index in [0.717, 1.165) is 29.3 Å². The molecule has 5 heteroatoms. The van der Waals surface area contributed by atoms with E-state index in [1.807, 2.05) is 37.3 Å². The number of hydrogen-bond donors (Lipinski definition) is 1. The number of aryl methyl sites for hydroxylation is 1. The van der Waals surface area contributed by atoms with Crippen LogP contribution in [0.4, 0.5) is 0 Å². The molecule has 0 fully saturated rings. The predicted octanol–water partition coefficient (Wildman–Crippen LogP) is 4.29. The van der Waals surface area contributed by atoms with Crippen molar-refractivity contribution in [1.82, 2.24) is 9.88 Å². The number of aromatic amines is 1. The number of aromatic nitrogens is 1. The van der Waals surface area contributed by atoms with Crippen LogP contribution in [-0.2, 0) is 6.54 Å². The number of rotatable bonds is 7. The Morgan fingerprint density at radius 1 is 1.14 bits per heavy atom. The van der Waals surface area contributed by atoms with E-state index in [0.29, 0.717) is 23.4 Å². The third-order valence-electron chi connectivity index (χ3n) is 4.82. The molecule has 0 radical (unpaired) electrons. The molecular weight excluding hydrogens is 352 g/mol. The molecule has 146 valence electrons. The fourth-order valence-corrected chi connectivity index (χ4v) is 3.23. The highest BCUT2D eigenvalue weighted by atomic mass is 16.5. The lowest BCUT2D eigenvalue weighted by Gasteiger charge is -2.23. The highest BCUT2D eigenvalue weighted by molar-refractivity contribution is 5.94. The van der Waals surface area contributed by atoms with E-state index in [9.17, 15) is 9.59 Å². The lowest BCUT2D eigenvalue weighted by atomic mass is 10.1. The summed E-state index contributed by atoms with van der Waals surface area (Å²) in [5.74, 6) is 0.538. The Balaban J connectivity index is 1.94. The first-order valence-electron chi connectivity index (χ1n) is 9.57. The molecular formula is C23H26N2O3. The largest absolute Gasteiger partial charge is 0.497 e. The minimum Gasteiger partial charge on any atom is -0.497 e. The second-order valence-corrected chi connectivity index (χ2v) is 7.03. The standard InChI is InChI=1S/C23H26N2O3/c1-4-5-11-25(23(27)17-7-6-8-20(14-17)28-3)15-19-13-18-12-16(2)9-10-21(18)24-22(19)26/h6-10,12-14H,4-5,11,15H2,1-3H3,(H,24,26). The molecule has 3 aromatic rings. The van der Waals surface area contributed by atoms with E-state index in [1.54, 1.807) is 30.2 Å². The molecule has 0 aliphatic carbocycles. The topological polar surface area (TPSA) is 62.4 Å². The van der Waals surface area contributed by atoms with Crippen molar-refractivity contribution in [1.29, 1.82) is 0 Å². The molecule has 1 N–H and O–H groups in total. The number of H-pyrrole nitrogens is 1. The van der Waals surface area contributed by atoms with Crippen molar-refractivity contribution in [2.24, 2.45) is 0 Å². The van der Waals surface area contributed by atoms with Crippen LogP contribution in [0.3, 0.4) is 0 Å². The summed E-state index contributed by atoms with van der Waals surface area (Å²) in [5.41, 5.74) is 2.92. The summed E-state index contributed by atoms with van der Waals surface area (Å²) in [7, 11) is 1.58. The smallest absolute Gasteiger partial charge is 0.254 e. The first-order chi connectivity index (χ1) is 13.5. The van der Waals surface area contributed by atoms with E-state index in [2.05, 4.69) is 11.9 Å². The van der Waals surface area contributed by atoms with Crippen molar-refractivity contribution in [3.8, 4) is 5.75 Å². The van der Waals surface area contributed by atoms with Crippen molar-refractivity contribution < 1.29 is 9.53 Å². The van der Waals surface area contributed by atoms with Crippen molar-refractivity contribution in [3.63, 3.8) is 0 Å². The van der Waals surface area contributed by atoms with E-state index < -0.39 is 0 Å². The van der Waals surface area contributed by atoms with Crippen LogP contribution in [0.2, 0.25) is 0 Å². The van der Waals surface area contributed by atoms with Crippen molar-refractivity contribution in [2.45, 2.75) is 33.2 Å². The average molecular weight is 378 g/mol. The monoisotopic (exact) mass is 378 g/mol. The predicted molar refractivity (Wildman–Crippen MR) is 112 cm³/mol. The number of methoxy groups -OCH3 is 1. The van der Waals surface area contributed by atoms with Gasteiger partial charge in [0.1, 0.15) is 5.75 Å². The molecule has 1 heterocycles. The van der Waals surface area contributed by atoms with Gasteiger partial charge in [-0.3, -0.25) is 9.59 Å². The van der Waals surface area contributed by atoms with Gasteiger partial charge in [0.2, 0.25) is 0 Å². The Morgan fingerprint density at radius 3 is 2.71 bits per heavy atom. The summed E-state index contributed by atoms with van der Waals surface area (Å²) in [5, 5.41) is 0.971. The molecule has 0 saturated heterocycles. The van der Waals surface area contributed by atoms with Crippen LogP contribution in [0.15, 0.2) is 53.3 Å². The van der Waals surface area contributed by atoms with Gasteiger partial charge in [-0.2, -0.15) is 0 Å². The molecule has 0 saturated carbocycles. The van der Waals surface area contributed by atoms with Gasteiger partial charge in [-0.25, -0.2) is 0 Å². The van der Waals surface area contributed by atoms with Crippen LogP contribution in [0, 0.1) is 6.92 Å². The Kier molecular flexibility index (Phi) is 6.14.